The maximum Gasteiger partial charge on any atom is 0.285 e. The molecule has 0 spiro atoms. The number of alkyl halides is 3. The van der Waals surface area contributed by atoms with Gasteiger partial charge in [-0.2, -0.15) is 4.98 Å². The number of hydrogen-bond donors (Lipinski definition) is 1. The van der Waals surface area contributed by atoms with Gasteiger partial charge in [-0.3, -0.25) is 4.79 Å². The third kappa shape index (κ3) is 4.07. The minimum Gasteiger partial charge on any atom is -0.479 e. The number of fused-ring (bicyclic) bond motifs is 2. The van der Waals surface area contributed by atoms with Crippen LogP contribution in [-0.2, 0) is 11.3 Å². The van der Waals surface area contributed by atoms with Crippen LogP contribution in [0.15, 0.2) is 30.7 Å². The number of rotatable bonds is 6. The van der Waals surface area contributed by atoms with Crippen LogP contribution < -0.4 is 10.1 Å². The van der Waals surface area contributed by atoms with Gasteiger partial charge in [0.05, 0.1) is 55.4 Å². The van der Waals surface area contributed by atoms with Crippen molar-refractivity contribution in [3.63, 3.8) is 0 Å². The largest absolute Gasteiger partial charge is 0.479 e. The van der Waals surface area contributed by atoms with Gasteiger partial charge in [0.2, 0.25) is 17.7 Å². The number of methoxy groups -OCH3 is 1. The highest BCUT2D eigenvalue weighted by Crippen LogP contribution is 2.36. The molecule has 13 heteroatoms. The first kappa shape index (κ1) is 20.3. The van der Waals surface area contributed by atoms with Gasteiger partial charge in [-0.15, -0.1) is 5.10 Å². The predicted molar refractivity (Wildman–Crippen MR) is 123 cm³/mol. The molecule has 5 rings (SSSR count). The molecule has 0 radical (unpaired) electrons. The van der Waals surface area contributed by atoms with E-state index in [1.54, 1.807) is 22.8 Å². The molecule has 1 aromatic carbocycles. The maximum absolute atomic E-state index is 15.3. The van der Waals surface area contributed by atoms with Gasteiger partial charge in [-0.05, 0) is 24.1 Å². The number of likely N-dealkylation sites (tertiary alicyclic amines) is 1. The number of imidazole rings is 1. The lowest BCUT2D eigenvalue weighted by Crippen LogP contribution is -2.55. The van der Waals surface area contributed by atoms with E-state index in [4.69, 9.17) is 8.85 Å². The molecule has 1 N–H and O–H groups in total. The Morgan fingerprint density at radius 2 is 2.22 bits per heavy atom. The molecule has 1 fully saturated rings. The van der Waals surface area contributed by atoms with E-state index in [1.165, 1.54) is 13.4 Å². The zero-order chi connectivity index (χ0) is 28.1. The number of nitrogens with one attached hydrogen (secondary N) is 1. The number of halogens is 4. The fourth-order valence-corrected chi connectivity index (χ4v) is 4.43. The predicted octanol–water partition coefficient (Wildman–Crippen LogP) is 3.53. The zero-order valence-corrected chi connectivity index (χ0v) is 19.0. The normalized spacial score (nSPS) is 19.2. The number of hydrogen-bond acceptors (Lipinski definition) is 6. The number of aromatic nitrogens is 5. The second-order valence-corrected chi connectivity index (χ2v) is 8.39. The second kappa shape index (κ2) is 8.95. The van der Waals surface area contributed by atoms with Gasteiger partial charge in [-0.1, -0.05) is 6.07 Å². The lowest BCUT2D eigenvalue weighted by Gasteiger charge is -2.38. The highest BCUT2D eigenvalue weighted by molar-refractivity contribution is 5.90. The van der Waals surface area contributed by atoms with Crippen LogP contribution in [0.1, 0.15) is 17.4 Å². The molecule has 3 aromatic heterocycles. The molecule has 1 saturated heterocycles. The number of anilines is 1. The third-order valence-electron chi connectivity index (χ3n) is 6.17. The van der Waals surface area contributed by atoms with Gasteiger partial charge in [0.1, 0.15) is 12.2 Å². The minimum absolute atomic E-state index is 0.0777. The second-order valence-electron chi connectivity index (χ2n) is 8.39. The summed E-state index contributed by atoms with van der Waals surface area (Å²) in [5.74, 6) is -5.91. The van der Waals surface area contributed by atoms with Gasteiger partial charge >= 0.3 is 0 Å². The van der Waals surface area contributed by atoms with Crippen molar-refractivity contribution < 1.29 is 31.2 Å². The lowest BCUT2D eigenvalue weighted by molar-refractivity contribution is -0.140. The van der Waals surface area contributed by atoms with E-state index in [9.17, 15) is 18.0 Å². The molecule has 0 unspecified atom stereocenters. The van der Waals surface area contributed by atoms with E-state index in [-0.39, 0.29) is 42.4 Å². The first-order valence-corrected chi connectivity index (χ1v) is 11.0. The Balaban J connectivity index is 1.47. The smallest absolute Gasteiger partial charge is 0.285 e. The molecule has 190 valence electrons. The topological polar surface area (TPSA) is 89.6 Å². The van der Waals surface area contributed by atoms with Crippen molar-refractivity contribution in [3.8, 4) is 17.0 Å². The van der Waals surface area contributed by atoms with Crippen molar-refractivity contribution >= 4 is 28.4 Å². The molecule has 1 aliphatic heterocycles. The van der Waals surface area contributed by atoms with Gasteiger partial charge in [0, 0.05) is 17.5 Å². The highest BCUT2D eigenvalue weighted by atomic mass is 19.3. The van der Waals surface area contributed by atoms with Crippen molar-refractivity contribution in [1.82, 2.24) is 29.0 Å². The number of nitrogens with zero attached hydrogens (tertiary/aromatic N) is 6. The fraction of sp³-hybridized carbons (Fsp3) is 0.391. The SMILES string of the molecule is [2H]C([2H])([2H])C(=O)N1CC[C@@H](Nc2nc(OC)c3c(-c4ccc5ncn(CCF)c5c4)c(F)cn3n2)C(F)(F)C1. The van der Waals surface area contributed by atoms with Crippen LogP contribution in [0, 0.1) is 5.82 Å². The average molecular weight is 508 g/mol. The molecular weight excluding hydrogens is 482 g/mol. The molecule has 4 aromatic rings. The van der Waals surface area contributed by atoms with Crippen molar-refractivity contribution in [3.05, 3.63) is 36.5 Å². The van der Waals surface area contributed by atoms with Gasteiger partial charge in [0.25, 0.3) is 5.92 Å². The molecule has 0 saturated carbocycles. The average Bonchev–Trinajstić information content (AvgIpc) is 3.43. The number of benzene rings is 1. The van der Waals surface area contributed by atoms with Gasteiger partial charge in [-0.25, -0.2) is 27.1 Å². The Hall–Kier alpha value is -3.90. The molecule has 1 amide bonds. The van der Waals surface area contributed by atoms with Crippen LogP contribution >= 0.6 is 0 Å². The van der Waals surface area contributed by atoms with Gasteiger partial charge < -0.3 is 19.5 Å². The molecule has 36 heavy (non-hydrogen) atoms. The van der Waals surface area contributed by atoms with E-state index in [0.717, 1.165) is 10.7 Å². The van der Waals surface area contributed by atoms with E-state index in [0.29, 0.717) is 21.5 Å². The number of ether oxygens (including phenoxy) is 1. The van der Waals surface area contributed by atoms with Crippen LogP contribution in [0.2, 0.25) is 0 Å². The lowest BCUT2D eigenvalue weighted by atomic mass is 10.0. The summed E-state index contributed by atoms with van der Waals surface area (Å²) in [7, 11) is 1.29. The number of aryl methyl sites for hydroxylation is 1. The zero-order valence-electron chi connectivity index (χ0n) is 22.0. The highest BCUT2D eigenvalue weighted by Gasteiger charge is 2.46. The molecule has 1 aliphatic rings. The van der Waals surface area contributed by atoms with Crippen molar-refractivity contribution in [1.29, 1.82) is 0 Å². The van der Waals surface area contributed by atoms with Crippen molar-refractivity contribution in [2.75, 3.05) is 32.2 Å². The Bertz CT molecular complexity index is 1560. The Labute approximate surface area is 206 Å². The standard InChI is InChI=1S/C23H23F4N7O2/c1-13(35)32-7-5-18(23(26,27)11-32)29-22-30-21(36-2)20-19(15(25)10-34(20)31-22)14-3-4-16-17(9-14)33(8-6-24)12-28-16/h3-4,9-10,12,18H,5-8,11H2,1-2H3,(H,29,31)/t18-/m1/s1/i1D3. The van der Waals surface area contributed by atoms with Crippen LogP contribution in [0.5, 0.6) is 5.88 Å². The molecule has 0 bridgehead atoms. The number of amides is 1. The number of piperidine rings is 1. The van der Waals surface area contributed by atoms with Crippen LogP contribution in [0.25, 0.3) is 27.7 Å². The number of carbonyl (C=O) groups excluding carboxylic acids is 1. The van der Waals surface area contributed by atoms with Gasteiger partial charge in [0.15, 0.2) is 5.82 Å². The molecular formula is C23H23F4N7O2. The fourth-order valence-electron chi connectivity index (χ4n) is 4.43. The monoisotopic (exact) mass is 508 g/mol. The Kier molecular flexibility index (Phi) is 5.05. The van der Waals surface area contributed by atoms with Crippen molar-refractivity contribution in [2.45, 2.75) is 31.8 Å². The summed E-state index contributed by atoms with van der Waals surface area (Å²) in [6.45, 7) is -4.86. The summed E-state index contributed by atoms with van der Waals surface area (Å²) in [5.41, 5.74) is 1.84. The third-order valence-corrected chi connectivity index (χ3v) is 6.17. The summed E-state index contributed by atoms with van der Waals surface area (Å²) in [5, 5.41) is 6.67. The molecule has 0 aliphatic carbocycles. The first-order chi connectivity index (χ1) is 18.4. The van der Waals surface area contributed by atoms with Crippen LogP contribution in [-0.4, -0.2) is 73.8 Å². The van der Waals surface area contributed by atoms with E-state index in [2.05, 4.69) is 20.4 Å². The molecule has 1 atom stereocenters. The number of carbonyl (C=O) groups is 1. The van der Waals surface area contributed by atoms with Crippen molar-refractivity contribution in [2.24, 2.45) is 0 Å². The van der Waals surface area contributed by atoms with Crippen LogP contribution in [0.4, 0.5) is 23.5 Å². The maximum atomic E-state index is 15.3. The molecule has 4 heterocycles. The first-order valence-electron chi connectivity index (χ1n) is 12.5. The molecule has 9 nitrogen and oxygen atoms in total. The van der Waals surface area contributed by atoms with E-state index in [1.807, 2.05) is 0 Å². The summed E-state index contributed by atoms with van der Waals surface area (Å²) in [6.07, 6.45) is 2.26. The van der Waals surface area contributed by atoms with Crippen LogP contribution in [0.3, 0.4) is 0 Å². The minimum atomic E-state index is -3.50. The van der Waals surface area contributed by atoms with E-state index < -0.39 is 43.8 Å². The Morgan fingerprint density at radius 1 is 1.39 bits per heavy atom. The summed E-state index contributed by atoms with van der Waals surface area (Å²) in [6, 6.07) is 3.42. The Morgan fingerprint density at radius 3 is 2.94 bits per heavy atom. The summed E-state index contributed by atoms with van der Waals surface area (Å²) in [4.78, 5) is 21.0. The quantitative estimate of drug-likeness (QED) is 0.401. The summed E-state index contributed by atoms with van der Waals surface area (Å²) >= 11 is 0. The van der Waals surface area contributed by atoms with E-state index >= 15 is 4.39 Å². The summed E-state index contributed by atoms with van der Waals surface area (Å²) < 4.78 is 87.7.